The van der Waals surface area contributed by atoms with Gasteiger partial charge in [0.05, 0.1) is 0 Å². The van der Waals surface area contributed by atoms with Crippen LogP contribution in [0.4, 0.5) is 0 Å². The summed E-state index contributed by atoms with van der Waals surface area (Å²) in [6.07, 6.45) is 13.9. The number of allylic oxidation sites excluding steroid dienone is 4. The Balaban J connectivity index is 2.80. The van der Waals surface area contributed by atoms with Crippen molar-refractivity contribution in [3.63, 3.8) is 0 Å². The van der Waals surface area contributed by atoms with Crippen molar-refractivity contribution in [1.29, 1.82) is 0 Å². The lowest BCUT2D eigenvalue weighted by molar-refractivity contribution is 1.32. The molecule has 2 rings (SSSR count). The molecule has 0 unspecified atom stereocenters. The van der Waals surface area contributed by atoms with Gasteiger partial charge in [0.15, 0.2) is 0 Å². The zero-order valence-electron chi connectivity index (χ0n) is 6.04. The summed E-state index contributed by atoms with van der Waals surface area (Å²) in [6, 6.07) is 3.10. The van der Waals surface area contributed by atoms with Crippen molar-refractivity contribution >= 4 is 12.2 Å². The van der Waals surface area contributed by atoms with E-state index in [-0.39, 0.29) is 0 Å². The van der Waals surface area contributed by atoms with Crippen LogP contribution in [-0.2, 0) is 0 Å². The maximum absolute atomic E-state index is 3.10. The van der Waals surface area contributed by atoms with Gasteiger partial charge in [-0.25, -0.2) is 0 Å². The topological polar surface area (TPSA) is 15.8 Å². The lowest BCUT2D eigenvalue weighted by atomic mass is 10.3. The number of hydrogen-bond acceptors (Lipinski definition) is 0. The molecule has 1 nitrogen and oxygen atoms in total. The van der Waals surface area contributed by atoms with Crippen molar-refractivity contribution in [2.45, 2.75) is 0 Å². The molecule has 1 radical (unpaired) electrons. The molecule has 0 saturated heterocycles. The highest BCUT2D eigenvalue weighted by molar-refractivity contribution is 5.46. The van der Waals surface area contributed by atoms with E-state index in [9.17, 15) is 0 Å². The van der Waals surface area contributed by atoms with E-state index in [0.717, 1.165) is 10.6 Å². The van der Waals surface area contributed by atoms with Gasteiger partial charge >= 0.3 is 0 Å². The largest absolute Gasteiger partial charge is 0.361 e. The lowest BCUT2D eigenvalue weighted by Crippen LogP contribution is -2.21. The Labute approximate surface area is 65.1 Å². The Morgan fingerprint density at radius 1 is 1.00 bits per heavy atom. The second-order valence-corrected chi connectivity index (χ2v) is 2.36. The fraction of sp³-hybridized carbons (Fsp3) is 0. The third kappa shape index (κ3) is 1.17. The quantitative estimate of drug-likeness (QED) is 0.543. The first-order valence-electron chi connectivity index (χ1n) is 3.57. The number of aromatic amines is 1. The van der Waals surface area contributed by atoms with Crippen molar-refractivity contribution in [2.75, 3.05) is 0 Å². The van der Waals surface area contributed by atoms with Crippen LogP contribution in [0.2, 0.25) is 0 Å². The van der Waals surface area contributed by atoms with Crippen LogP contribution in [0.5, 0.6) is 0 Å². The van der Waals surface area contributed by atoms with Gasteiger partial charge in [-0.2, -0.15) is 0 Å². The molecule has 0 amide bonds. The first-order chi connectivity index (χ1) is 5.47. The number of hydrogen-bond donors (Lipinski definition) is 1. The van der Waals surface area contributed by atoms with Gasteiger partial charge in [0.2, 0.25) is 0 Å². The third-order valence-electron chi connectivity index (χ3n) is 1.60. The first kappa shape index (κ1) is 6.23. The van der Waals surface area contributed by atoms with Crippen molar-refractivity contribution < 1.29 is 0 Å². The van der Waals surface area contributed by atoms with Gasteiger partial charge in [-0.05, 0) is 6.08 Å². The highest BCUT2D eigenvalue weighted by Crippen LogP contribution is 1.81. The van der Waals surface area contributed by atoms with Crippen LogP contribution in [-0.4, -0.2) is 4.98 Å². The Bertz CT molecular complexity index is 366. The average molecular weight is 142 g/mol. The molecule has 0 bridgehead atoms. The van der Waals surface area contributed by atoms with Gasteiger partial charge in [-0.15, -0.1) is 0 Å². The summed E-state index contributed by atoms with van der Waals surface area (Å²) in [5, 5.41) is 2.23. The maximum atomic E-state index is 3.10. The van der Waals surface area contributed by atoms with Crippen LogP contribution in [0, 0.1) is 6.07 Å². The third-order valence-corrected chi connectivity index (χ3v) is 1.60. The van der Waals surface area contributed by atoms with Crippen LogP contribution in [0.3, 0.4) is 0 Å². The first-order valence-corrected chi connectivity index (χ1v) is 3.57. The van der Waals surface area contributed by atoms with Crippen LogP contribution in [0.15, 0.2) is 30.5 Å². The van der Waals surface area contributed by atoms with E-state index in [0.29, 0.717) is 0 Å². The van der Waals surface area contributed by atoms with E-state index in [1.807, 2.05) is 42.7 Å². The van der Waals surface area contributed by atoms with Crippen molar-refractivity contribution in [1.82, 2.24) is 4.98 Å². The smallest absolute Gasteiger partial charge is 0.0460 e. The van der Waals surface area contributed by atoms with Crippen molar-refractivity contribution in [3.05, 3.63) is 47.1 Å². The minimum absolute atomic E-state index is 1.12. The molecule has 0 atom stereocenters. The summed E-state index contributed by atoms with van der Waals surface area (Å²) < 4.78 is 0. The number of fused-ring (bicyclic) bond motifs is 1. The Morgan fingerprint density at radius 3 is 2.73 bits per heavy atom. The van der Waals surface area contributed by atoms with E-state index >= 15 is 0 Å². The monoisotopic (exact) mass is 142 g/mol. The molecule has 0 saturated carbocycles. The van der Waals surface area contributed by atoms with E-state index in [1.54, 1.807) is 0 Å². The molecule has 53 valence electrons. The van der Waals surface area contributed by atoms with E-state index in [2.05, 4.69) is 11.1 Å². The molecular weight excluding hydrogens is 134 g/mol. The summed E-state index contributed by atoms with van der Waals surface area (Å²) in [5.41, 5.74) is 0. The summed E-state index contributed by atoms with van der Waals surface area (Å²) >= 11 is 0. The Morgan fingerprint density at radius 2 is 1.82 bits per heavy atom. The molecule has 11 heavy (non-hydrogen) atoms. The van der Waals surface area contributed by atoms with Gasteiger partial charge in [0.1, 0.15) is 0 Å². The SMILES string of the molecule is [c]1c[nH]c2/c1=C\C=C/C=C\C=2. The molecule has 0 fully saturated rings. The second kappa shape index (κ2) is 2.62. The van der Waals surface area contributed by atoms with Crippen LogP contribution in [0.1, 0.15) is 0 Å². The predicted molar refractivity (Wildman–Crippen MR) is 46.1 cm³/mol. The van der Waals surface area contributed by atoms with Gasteiger partial charge < -0.3 is 4.98 Å². The second-order valence-electron chi connectivity index (χ2n) is 2.36. The number of rotatable bonds is 0. The average Bonchev–Trinajstić information content (AvgIpc) is 2.35. The normalized spacial score (nSPS) is 26.2. The zero-order valence-corrected chi connectivity index (χ0v) is 6.04. The summed E-state index contributed by atoms with van der Waals surface area (Å²) in [6.45, 7) is 0. The van der Waals surface area contributed by atoms with Gasteiger partial charge in [-0.1, -0.05) is 30.4 Å². The molecular formula is C10H8N. The van der Waals surface area contributed by atoms with E-state index in [1.165, 1.54) is 0 Å². The van der Waals surface area contributed by atoms with Gasteiger partial charge in [0.25, 0.3) is 0 Å². The molecule has 0 aliphatic heterocycles. The number of nitrogens with one attached hydrogen (secondary N) is 1. The standard InChI is InChI=1S/C10H8N/c1-2-4-6-10-9(5-3-1)7-8-11-10/h1-6,8,11H/b2-1?,3-1-,4-2-,5-3?,6-4?,9-5-,10-6+. The maximum Gasteiger partial charge on any atom is 0.0460 e. The molecule has 1 N–H and O–H groups in total. The summed E-state index contributed by atoms with van der Waals surface area (Å²) in [4.78, 5) is 3.10. The van der Waals surface area contributed by atoms with Crippen molar-refractivity contribution in [2.24, 2.45) is 0 Å². The highest BCUT2D eigenvalue weighted by atomic mass is 14.6. The highest BCUT2D eigenvalue weighted by Gasteiger charge is 1.83. The van der Waals surface area contributed by atoms with Crippen LogP contribution in [0.25, 0.3) is 12.2 Å². The molecule has 1 heteroatoms. The minimum Gasteiger partial charge on any atom is -0.361 e. The van der Waals surface area contributed by atoms with E-state index < -0.39 is 0 Å². The molecule has 0 aromatic carbocycles. The van der Waals surface area contributed by atoms with Crippen LogP contribution < -0.4 is 10.6 Å². The zero-order chi connectivity index (χ0) is 7.52. The Hall–Kier alpha value is -1.50. The lowest BCUT2D eigenvalue weighted by Gasteiger charge is -1.81. The summed E-state index contributed by atoms with van der Waals surface area (Å²) in [7, 11) is 0. The predicted octanol–water partition coefficient (Wildman–Crippen LogP) is 0.502. The van der Waals surface area contributed by atoms with Crippen LogP contribution >= 0.6 is 0 Å². The molecule has 1 aromatic rings. The van der Waals surface area contributed by atoms with Crippen molar-refractivity contribution in [3.8, 4) is 0 Å². The number of H-pyrrole nitrogens is 1. The summed E-state index contributed by atoms with van der Waals surface area (Å²) in [5.74, 6) is 0. The molecule has 1 aliphatic rings. The molecule has 0 spiro atoms. The Kier molecular flexibility index (Phi) is 1.48. The number of aromatic nitrogens is 1. The minimum atomic E-state index is 1.12. The molecule has 1 aromatic heterocycles. The van der Waals surface area contributed by atoms with E-state index in [4.69, 9.17) is 0 Å². The molecule has 1 heterocycles. The fourth-order valence-electron chi connectivity index (χ4n) is 1.05. The van der Waals surface area contributed by atoms with Gasteiger partial charge in [0, 0.05) is 22.8 Å². The van der Waals surface area contributed by atoms with Gasteiger partial charge in [-0.3, -0.25) is 0 Å². The fourth-order valence-corrected chi connectivity index (χ4v) is 1.05. The molecule has 1 aliphatic carbocycles.